The monoisotopic (exact) mass is 559 g/mol. The van der Waals surface area contributed by atoms with Gasteiger partial charge in [-0.3, -0.25) is 29.4 Å². The van der Waals surface area contributed by atoms with Crippen molar-refractivity contribution in [3.05, 3.63) is 48.8 Å². The number of benzene rings is 1. The number of thiazole rings is 1. The number of H-pyrrole nitrogens is 1. The van der Waals surface area contributed by atoms with E-state index in [1.54, 1.807) is 11.8 Å². The third-order valence-corrected chi connectivity index (χ3v) is 11.5. The van der Waals surface area contributed by atoms with E-state index in [-0.39, 0.29) is 64.7 Å². The van der Waals surface area contributed by atoms with Gasteiger partial charge in [0.25, 0.3) is 5.69 Å². The molecule has 1 saturated heterocycles. The van der Waals surface area contributed by atoms with Gasteiger partial charge in [0.2, 0.25) is 11.8 Å². The van der Waals surface area contributed by atoms with Crippen LogP contribution < -0.4 is 0 Å². The third kappa shape index (κ3) is 3.95. The summed E-state index contributed by atoms with van der Waals surface area (Å²) in [4.78, 5) is 54.4. The molecule has 2 saturated carbocycles. The number of imide groups is 1. The zero-order chi connectivity index (χ0) is 26.0. The molecule has 0 radical (unpaired) electrons. The van der Waals surface area contributed by atoms with Crippen molar-refractivity contribution in [3.8, 4) is 0 Å². The molecule has 2 aromatic rings. The number of carbonyl (C=O) groups is 3. The number of amides is 2. The van der Waals surface area contributed by atoms with Crippen molar-refractivity contribution in [1.29, 1.82) is 0 Å². The maximum Gasteiger partial charge on any atom is 0.303 e. The lowest BCUT2D eigenvalue weighted by atomic mass is 9.68. The number of nitro groups is 1. The number of likely N-dealkylation sites (tertiary alicyclic amines) is 1. The fraction of sp³-hybridized carbons (Fsp3) is 0.520. The number of thioether (sulfide) groups is 1. The average molecular weight is 560 g/mol. The second-order valence-corrected chi connectivity index (χ2v) is 13.2. The summed E-state index contributed by atoms with van der Waals surface area (Å²) in [5.41, 5.74) is 1.01. The highest BCUT2D eigenvalue weighted by Gasteiger charge is 2.69. The van der Waals surface area contributed by atoms with E-state index in [9.17, 15) is 24.5 Å². The van der Waals surface area contributed by atoms with E-state index in [2.05, 4.69) is 4.98 Å². The number of nitro benzene ring substituents is 1. The van der Waals surface area contributed by atoms with Gasteiger partial charge in [-0.05, 0) is 54.8 Å². The summed E-state index contributed by atoms with van der Waals surface area (Å²) in [6.45, 7) is 0.346. The van der Waals surface area contributed by atoms with Crippen LogP contribution in [0.4, 0.5) is 5.69 Å². The summed E-state index contributed by atoms with van der Waals surface area (Å²) in [7, 11) is 0. The summed E-state index contributed by atoms with van der Waals surface area (Å²) in [6.07, 6.45) is 2.73. The van der Waals surface area contributed by atoms with E-state index in [4.69, 9.17) is 17.3 Å². The molecule has 2 N–H and O–H groups in total. The Balaban J connectivity index is 1.29. The molecular weight excluding hydrogens is 534 g/mol. The first-order valence-corrected chi connectivity index (χ1v) is 14.6. The maximum atomic E-state index is 13.6. The number of carbonyl (C=O) groups excluding carboxylic acids is 2. The lowest BCUT2D eigenvalue weighted by molar-refractivity contribution is -0.384. The number of unbranched alkanes of at least 4 members (excludes halogenated alkanes) is 2. The van der Waals surface area contributed by atoms with Crippen LogP contribution in [-0.2, 0) is 14.4 Å². The van der Waals surface area contributed by atoms with E-state index in [1.165, 1.54) is 28.4 Å². The van der Waals surface area contributed by atoms with Crippen molar-refractivity contribution in [3.63, 3.8) is 0 Å². The number of carboxylic acids is 1. The molecule has 194 valence electrons. The molecule has 2 aliphatic carbocycles. The Kier molecular flexibility index (Phi) is 6.23. The van der Waals surface area contributed by atoms with E-state index in [1.807, 2.05) is 12.1 Å². The lowest BCUT2D eigenvalue weighted by Crippen LogP contribution is -2.42. The van der Waals surface area contributed by atoms with Crippen molar-refractivity contribution >= 4 is 58.8 Å². The average Bonchev–Trinajstić information content (AvgIpc) is 3.58. The van der Waals surface area contributed by atoms with Gasteiger partial charge in [0, 0.05) is 41.1 Å². The van der Waals surface area contributed by atoms with Gasteiger partial charge in [-0.25, -0.2) is 0 Å². The molecule has 12 heteroatoms. The van der Waals surface area contributed by atoms with Gasteiger partial charge < -0.3 is 10.1 Å². The molecule has 2 aliphatic heterocycles. The van der Waals surface area contributed by atoms with Crippen LogP contribution in [0.1, 0.15) is 48.5 Å². The molecule has 6 rings (SSSR count). The minimum absolute atomic E-state index is 0.0379. The number of fused-ring (bicyclic) bond motifs is 9. The molecule has 2 bridgehead atoms. The number of carboxylic acid groups (broad SMARTS) is 1. The SMILES string of the molecule is O=C(O)CCCCCN1C(=O)[C@@H]2[C@H]3C[C@@H]([C@@H]2C1=O)[C@@H]1[C@H](c2ccc([N+](=O)[O-])cc2)c2sc(=S)[nH]c2S[C@@H]31. The van der Waals surface area contributed by atoms with Gasteiger partial charge in [0.05, 0.1) is 21.8 Å². The number of nitrogens with zero attached hydrogens (tertiary/aromatic N) is 2. The van der Waals surface area contributed by atoms with E-state index in [0.29, 0.717) is 29.8 Å². The topological polar surface area (TPSA) is 134 Å². The normalized spacial score (nSPS) is 31.4. The molecule has 2 amide bonds. The minimum atomic E-state index is -0.837. The maximum absolute atomic E-state index is 13.6. The predicted molar refractivity (Wildman–Crippen MR) is 139 cm³/mol. The smallest absolute Gasteiger partial charge is 0.303 e. The predicted octanol–water partition coefficient (Wildman–Crippen LogP) is 4.83. The molecule has 7 atom stereocenters. The Morgan fingerprint density at radius 2 is 1.84 bits per heavy atom. The van der Waals surface area contributed by atoms with Gasteiger partial charge in [-0.1, -0.05) is 18.6 Å². The highest BCUT2D eigenvalue weighted by molar-refractivity contribution is 8.00. The van der Waals surface area contributed by atoms with Crippen LogP contribution in [0.15, 0.2) is 29.3 Å². The summed E-state index contributed by atoms with van der Waals surface area (Å²) >= 11 is 8.73. The van der Waals surface area contributed by atoms with Gasteiger partial charge >= 0.3 is 5.97 Å². The summed E-state index contributed by atoms with van der Waals surface area (Å²) in [5, 5.41) is 21.2. The number of rotatable bonds is 8. The first kappa shape index (κ1) is 24.7. The first-order chi connectivity index (χ1) is 17.8. The number of nitrogens with one attached hydrogen (secondary N) is 1. The van der Waals surface area contributed by atoms with Crippen molar-refractivity contribution in [2.45, 2.75) is 48.3 Å². The fourth-order valence-corrected chi connectivity index (χ4v) is 10.5. The molecular formula is C25H25N3O6S3. The third-order valence-electron chi connectivity index (χ3n) is 8.55. The van der Waals surface area contributed by atoms with Gasteiger partial charge in [0.15, 0.2) is 3.95 Å². The highest BCUT2D eigenvalue weighted by atomic mass is 32.2. The minimum Gasteiger partial charge on any atom is -0.481 e. The standard InChI is InChI=1S/C25H25N3O6S3/c29-15(30)4-2-1-3-9-27-23(31)18-13-10-14(19(18)24(27)32)20-17(13)16(21-22(36-20)26-25(35)37-21)11-5-7-12(8-6-11)28(33)34/h5-8,13-14,16-20H,1-4,9-10H2,(H,26,35)(H,29,30)/t13-,14-,16+,17-,18+,19-,20+/m1/s1. The summed E-state index contributed by atoms with van der Waals surface area (Å²) in [5.74, 6) is -1.37. The van der Waals surface area contributed by atoms with Crippen LogP contribution in [0.25, 0.3) is 0 Å². The first-order valence-electron chi connectivity index (χ1n) is 12.5. The molecule has 37 heavy (non-hydrogen) atoms. The molecule has 1 aromatic carbocycles. The lowest BCUT2D eigenvalue weighted by Gasteiger charge is -2.43. The van der Waals surface area contributed by atoms with E-state index in [0.717, 1.165) is 21.9 Å². The number of aromatic nitrogens is 1. The number of aliphatic carboxylic acids is 1. The van der Waals surface area contributed by atoms with Gasteiger partial charge in [-0.15, -0.1) is 23.1 Å². The Bertz CT molecular complexity index is 1350. The van der Waals surface area contributed by atoms with Crippen molar-refractivity contribution < 1.29 is 24.4 Å². The zero-order valence-corrected chi connectivity index (χ0v) is 22.2. The second kappa shape index (κ2) is 9.32. The number of hydrogen-bond donors (Lipinski definition) is 2. The van der Waals surface area contributed by atoms with Crippen LogP contribution in [0.2, 0.25) is 0 Å². The number of non-ortho nitro benzene ring substituents is 1. The quantitative estimate of drug-likeness (QED) is 0.154. The van der Waals surface area contributed by atoms with Gasteiger partial charge in [-0.2, -0.15) is 0 Å². The second-order valence-electron chi connectivity index (χ2n) is 10.3. The van der Waals surface area contributed by atoms with Crippen molar-refractivity contribution in [1.82, 2.24) is 9.88 Å². The largest absolute Gasteiger partial charge is 0.481 e. The Morgan fingerprint density at radius 1 is 1.14 bits per heavy atom. The highest BCUT2D eigenvalue weighted by Crippen LogP contribution is 2.68. The van der Waals surface area contributed by atoms with E-state index < -0.39 is 10.9 Å². The Labute approximate surface area is 225 Å². The number of hydrogen-bond acceptors (Lipinski definition) is 8. The molecule has 3 heterocycles. The molecule has 4 aliphatic rings. The van der Waals surface area contributed by atoms with Crippen LogP contribution in [0.5, 0.6) is 0 Å². The fourth-order valence-electron chi connectivity index (χ4n) is 7.20. The van der Waals surface area contributed by atoms with Crippen LogP contribution in [0.3, 0.4) is 0 Å². The van der Waals surface area contributed by atoms with Crippen molar-refractivity contribution in [2.24, 2.45) is 29.6 Å². The summed E-state index contributed by atoms with van der Waals surface area (Å²) in [6, 6.07) is 6.70. The summed E-state index contributed by atoms with van der Waals surface area (Å²) < 4.78 is 0.679. The van der Waals surface area contributed by atoms with E-state index >= 15 is 0 Å². The van der Waals surface area contributed by atoms with Crippen LogP contribution in [0, 0.1) is 43.7 Å². The molecule has 0 spiro atoms. The van der Waals surface area contributed by atoms with Gasteiger partial charge in [0.1, 0.15) is 0 Å². The molecule has 9 nitrogen and oxygen atoms in total. The Morgan fingerprint density at radius 3 is 2.51 bits per heavy atom. The van der Waals surface area contributed by atoms with Crippen LogP contribution in [-0.4, -0.2) is 49.5 Å². The number of aromatic amines is 1. The Hall–Kier alpha value is -2.57. The van der Waals surface area contributed by atoms with Crippen molar-refractivity contribution in [2.75, 3.05) is 6.54 Å². The van der Waals surface area contributed by atoms with Crippen LogP contribution >= 0.6 is 35.3 Å². The zero-order valence-electron chi connectivity index (χ0n) is 19.7. The molecule has 3 fully saturated rings. The molecule has 1 aromatic heterocycles. The molecule has 0 unspecified atom stereocenters.